The standard InChI is InChI=1S/C24H29Cl3N2O5S/c1-7-33-20(31)16-13(3)17(21(32)34-8-2)35-19(16)29-22(24(25,26)27)28-18(30)14-9-11-15(12-10-14)23(4,5)6/h9-12,22,29H,7-8H2,1-6H3,(H,28,30)/t22-/m0/s1. The number of carbonyl (C=O) groups is 3. The second-order valence-electron chi connectivity index (χ2n) is 8.62. The van der Waals surface area contributed by atoms with E-state index in [-0.39, 0.29) is 34.1 Å². The molecule has 11 heteroatoms. The number of thiophene rings is 1. The number of hydrogen-bond acceptors (Lipinski definition) is 7. The molecule has 1 aromatic heterocycles. The number of halogens is 3. The van der Waals surface area contributed by atoms with Gasteiger partial charge in [0.1, 0.15) is 16.0 Å². The Balaban J connectivity index is 2.40. The first kappa shape index (κ1) is 29.2. The molecule has 0 spiro atoms. The maximum Gasteiger partial charge on any atom is 0.348 e. The van der Waals surface area contributed by atoms with Crippen LogP contribution in [0.15, 0.2) is 24.3 Å². The molecule has 35 heavy (non-hydrogen) atoms. The summed E-state index contributed by atoms with van der Waals surface area (Å²) in [4.78, 5) is 38.2. The van der Waals surface area contributed by atoms with Crippen LogP contribution >= 0.6 is 46.1 Å². The Kier molecular flexibility index (Phi) is 9.87. The molecule has 1 aromatic carbocycles. The summed E-state index contributed by atoms with van der Waals surface area (Å²) in [7, 11) is 0. The molecular formula is C24H29Cl3N2O5S. The minimum atomic E-state index is -2.01. The molecule has 0 aliphatic heterocycles. The third-order valence-electron chi connectivity index (χ3n) is 4.98. The average Bonchev–Trinajstić information content (AvgIpc) is 3.08. The largest absolute Gasteiger partial charge is 0.462 e. The van der Waals surface area contributed by atoms with Gasteiger partial charge in [-0.3, -0.25) is 4.79 Å². The van der Waals surface area contributed by atoms with E-state index in [9.17, 15) is 14.4 Å². The van der Waals surface area contributed by atoms with Crippen molar-refractivity contribution in [2.24, 2.45) is 0 Å². The van der Waals surface area contributed by atoms with Crippen LogP contribution in [0.25, 0.3) is 0 Å². The number of amides is 1. The molecule has 0 saturated carbocycles. The van der Waals surface area contributed by atoms with E-state index < -0.39 is 27.8 Å². The normalized spacial score (nSPS) is 12.6. The van der Waals surface area contributed by atoms with Crippen molar-refractivity contribution >= 4 is 69.0 Å². The van der Waals surface area contributed by atoms with Crippen molar-refractivity contribution < 1.29 is 23.9 Å². The highest BCUT2D eigenvalue weighted by Crippen LogP contribution is 2.38. The molecule has 2 aromatic rings. The van der Waals surface area contributed by atoms with Gasteiger partial charge in [-0.05, 0) is 49.4 Å². The van der Waals surface area contributed by atoms with E-state index in [0.29, 0.717) is 11.1 Å². The summed E-state index contributed by atoms with van der Waals surface area (Å²) in [6, 6.07) is 7.09. The van der Waals surface area contributed by atoms with Crippen molar-refractivity contribution in [1.82, 2.24) is 5.32 Å². The van der Waals surface area contributed by atoms with E-state index in [4.69, 9.17) is 44.3 Å². The monoisotopic (exact) mass is 562 g/mol. The third-order valence-corrected chi connectivity index (χ3v) is 6.84. The van der Waals surface area contributed by atoms with E-state index in [1.54, 1.807) is 32.9 Å². The molecule has 1 heterocycles. The van der Waals surface area contributed by atoms with Gasteiger partial charge in [0.25, 0.3) is 5.91 Å². The van der Waals surface area contributed by atoms with Crippen molar-refractivity contribution in [3.05, 3.63) is 51.4 Å². The summed E-state index contributed by atoms with van der Waals surface area (Å²) in [5.41, 5.74) is 1.81. The maximum absolute atomic E-state index is 13.0. The first-order chi connectivity index (χ1) is 16.2. The first-order valence-electron chi connectivity index (χ1n) is 10.9. The molecule has 0 aliphatic rings. The zero-order valence-corrected chi connectivity index (χ0v) is 23.5. The van der Waals surface area contributed by atoms with Crippen LogP contribution in [0.5, 0.6) is 0 Å². The second-order valence-corrected chi connectivity index (χ2v) is 12.0. The van der Waals surface area contributed by atoms with Crippen LogP contribution in [0.4, 0.5) is 5.00 Å². The lowest BCUT2D eigenvalue weighted by Gasteiger charge is -2.27. The van der Waals surface area contributed by atoms with Crippen LogP contribution in [-0.2, 0) is 14.9 Å². The van der Waals surface area contributed by atoms with Gasteiger partial charge in [0.05, 0.1) is 18.8 Å². The predicted molar refractivity (Wildman–Crippen MR) is 141 cm³/mol. The van der Waals surface area contributed by atoms with Crippen molar-refractivity contribution in [2.45, 2.75) is 56.9 Å². The fourth-order valence-electron chi connectivity index (χ4n) is 3.12. The molecular weight excluding hydrogens is 535 g/mol. The zero-order valence-electron chi connectivity index (χ0n) is 20.4. The number of alkyl halides is 3. The Morgan fingerprint density at radius 2 is 1.51 bits per heavy atom. The second kappa shape index (κ2) is 11.8. The van der Waals surface area contributed by atoms with Gasteiger partial charge in [-0.15, -0.1) is 11.3 Å². The van der Waals surface area contributed by atoms with Gasteiger partial charge in [0.15, 0.2) is 0 Å². The van der Waals surface area contributed by atoms with Crippen molar-refractivity contribution in [3.8, 4) is 0 Å². The summed E-state index contributed by atoms with van der Waals surface area (Å²) in [6.45, 7) is 11.4. The van der Waals surface area contributed by atoms with Crippen molar-refractivity contribution in [2.75, 3.05) is 18.5 Å². The van der Waals surface area contributed by atoms with Gasteiger partial charge in [0.2, 0.25) is 3.79 Å². The van der Waals surface area contributed by atoms with Crippen molar-refractivity contribution in [1.29, 1.82) is 0 Å². The number of hydrogen-bond donors (Lipinski definition) is 2. The van der Waals surface area contributed by atoms with E-state index in [0.717, 1.165) is 16.9 Å². The molecule has 0 bridgehead atoms. The third kappa shape index (κ3) is 7.49. The molecule has 2 N–H and O–H groups in total. The van der Waals surface area contributed by atoms with Gasteiger partial charge >= 0.3 is 11.9 Å². The molecule has 7 nitrogen and oxygen atoms in total. The summed E-state index contributed by atoms with van der Waals surface area (Å²) >= 11 is 19.5. The van der Waals surface area contributed by atoms with Crippen LogP contribution in [0.2, 0.25) is 0 Å². The number of rotatable bonds is 8. The quantitative estimate of drug-likeness (QED) is 0.224. The minimum absolute atomic E-state index is 0.0756. The molecule has 1 amide bonds. The number of nitrogens with one attached hydrogen (secondary N) is 2. The lowest BCUT2D eigenvalue weighted by Crippen LogP contribution is -2.49. The Morgan fingerprint density at radius 3 is 2.00 bits per heavy atom. The highest BCUT2D eigenvalue weighted by Gasteiger charge is 2.37. The lowest BCUT2D eigenvalue weighted by atomic mass is 9.87. The molecule has 0 saturated heterocycles. The van der Waals surface area contributed by atoms with Crippen LogP contribution in [0.3, 0.4) is 0 Å². The predicted octanol–water partition coefficient (Wildman–Crippen LogP) is 6.25. The van der Waals surface area contributed by atoms with Gasteiger partial charge in [0, 0.05) is 5.56 Å². The summed E-state index contributed by atoms with van der Waals surface area (Å²) < 4.78 is 8.23. The van der Waals surface area contributed by atoms with Crippen LogP contribution < -0.4 is 10.6 Å². The Labute approximate surface area is 224 Å². The topological polar surface area (TPSA) is 93.7 Å². The number of carbonyl (C=O) groups excluding carboxylic acids is 3. The minimum Gasteiger partial charge on any atom is -0.462 e. The van der Waals surface area contributed by atoms with Crippen LogP contribution in [-0.4, -0.2) is 41.0 Å². The summed E-state index contributed by atoms with van der Waals surface area (Å²) in [6.07, 6.45) is -1.25. The van der Waals surface area contributed by atoms with E-state index in [2.05, 4.69) is 31.4 Å². The summed E-state index contributed by atoms with van der Waals surface area (Å²) in [5, 5.41) is 5.76. The fourth-order valence-corrected chi connectivity index (χ4v) is 4.57. The smallest absolute Gasteiger partial charge is 0.348 e. The van der Waals surface area contributed by atoms with Gasteiger partial charge in [-0.2, -0.15) is 0 Å². The van der Waals surface area contributed by atoms with Crippen LogP contribution in [0.1, 0.15) is 76.1 Å². The Hall–Kier alpha value is -2.00. The van der Waals surface area contributed by atoms with E-state index in [1.165, 1.54) is 0 Å². The SMILES string of the molecule is CCOC(=O)c1sc(N[C@H](NC(=O)c2ccc(C(C)(C)C)cc2)C(Cl)(Cl)Cl)c(C(=O)OCC)c1C. The Bertz CT molecular complexity index is 1070. The van der Waals surface area contributed by atoms with Crippen molar-refractivity contribution in [3.63, 3.8) is 0 Å². The fraction of sp³-hybridized carbons (Fsp3) is 0.458. The van der Waals surface area contributed by atoms with Crippen LogP contribution in [0, 0.1) is 6.92 Å². The molecule has 0 aliphatic carbocycles. The van der Waals surface area contributed by atoms with Gasteiger partial charge < -0.3 is 20.1 Å². The lowest BCUT2D eigenvalue weighted by molar-refractivity contribution is 0.0527. The molecule has 0 radical (unpaired) electrons. The molecule has 0 unspecified atom stereocenters. The molecule has 1 atom stereocenters. The zero-order chi connectivity index (χ0) is 26.6. The number of benzene rings is 1. The molecule has 2 rings (SSSR count). The molecule has 192 valence electrons. The molecule has 0 fully saturated rings. The summed E-state index contributed by atoms with van der Waals surface area (Å²) in [5.74, 6) is -1.75. The number of esters is 2. The Morgan fingerprint density at radius 1 is 0.971 bits per heavy atom. The highest BCUT2D eigenvalue weighted by molar-refractivity contribution is 7.18. The highest BCUT2D eigenvalue weighted by atomic mass is 35.6. The van der Waals surface area contributed by atoms with Gasteiger partial charge in [-0.25, -0.2) is 9.59 Å². The average molecular weight is 564 g/mol. The maximum atomic E-state index is 13.0. The number of ether oxygens (including phenoxy) is 2. The number of anilines is 1. The first-order valence-corrected chi connectivity index (χ1v) is 12.9. The van der Waals surface area contributed by atoms with E-state index >= 15 is 0 Å². The van der Waals surface area contributed by atoms with E-state index in [1.807, 2.05) is 12.1 Å². The van der Waals surface area contributed by atoms with Gasteiger partial charge in [-0.1, -0.05) is 67.7 Å².